The maximum absolute atomic E-state index is 12.8. The summed E-state index contributed by atoms with van der Waals surface area (Å²) in [5.41, 5.74) is 3.12. The Labute approximate surface area is 177 Å². The van der Waals surface area contributed by atoms with Crippen LogP contribution in [-0.2, 0) is 17.8 Å². The van der Waals surface area contributed by atoms with Gasteiger partial charge in [-0.25, -0.2) is 9.67 Å². The fraction of sp³-hybridized carbons (Fsp3) is 0.182. The number of carbonyl (C=O) groups is 1. The summed E-state index contributed by atoms with van der Waals surface area (Å²) in [4.78, 5) is 29.5. The zero-order valence-electron chi connectivity index (χ0n) is 16.4. The average molecular weight is 422 g/mol. The third kappa shape index (κ3) is 4.11. The van der Waals surface area contributed by atoms with Crippen molar-refractivity contribution in [3.8, 4) is 5.69 Å². The summed E-state index contributed by atoms with van der Waals surface area (Å²) in [5.74, 6) is -0.251. The van der Waals surface area contributed by atoms with Crippen LogP contribution in [0.25, 0.3) is 16.7 Å². The Bertz CT molecular complexity index is 1260. The number of nitrogens with one attached hydrogen (secondary N) is 1. The molecular weight excluding hydrogens is 402 g/mol. The average Bonchev–Trinajstić information content (AvgIpc) is 3.16. The molecule has 0 saturated carbocycles. The van der Waals surface area contributed by atoms with Crippen molar-refractivity contribution in [2.24, 2.45) is 0 Å². The number of para-hydroxylation sites is 1. The minimum atomic E-state index is -0.298. The summed E-state index contributed by atoms with van der Waals surface area (Å²) < 4.78 is 2.94. The number of aromatic nitrogens is 4. The van der Waals surface area contributed by atoms with Crippen molar-refractivity contribution in [1.29, 1.82) is 0 Å². The number of carbonyl (C=O) groups excluding carboxylic acids is 1. The minimum Gasteiger partial charge on any atom is -0.354 e. The Balaban J connectivity index is 1.46. The Morgan fingerprint density at radius 3 is 2.67 bits per heavy atom. The first-order valence-electron chi connectivity index (χ1n) is 9.53. The van der Waals surface area contributed by atoms with Gasteiger partial charge in [-0.2, -0.15) is 5.10 Å². The molecule has 2 heterocycles. The molecule has 0 aliphatic rings. The summed E-state index contributed by atoms with van der Waals surface area (Å²) in [5, 5.41) is 8.20. The second kappa shape index (κ2) is 8.51. The summed E-state index contributed by atoms with van der Waals surface area (Å²) in [6.45, 7) is 2.34. The minimum absolute atomic E-state index is 0.0993. The number of fused-ring (bicyclic) bond motifs is 1. The molecule has 1 amide bonds. The topological polar surface area (TPSA) is 81.8 Å². The molecule has 8 heteroatoms. The zero-order valence-corrected chi connectivity index (χ0v) is 17.1. The highest BCUT2D eigenvalue weighted by Crippen LogP contribution is 2.17. The molecule has 0 unspecified atom stereocenters. The van der Waals surface area contributed by atoms with Crippen LogP contribution in [0.4, 0.5) is 0 Å². The van der Waals surface area contributed by atoms with E-state index in [1.165, 1.54) is 17.1 Å². The molecule has 0 aliphatic heterocycles. The van der Waals surface area contributed by atoms with Crippen molar-refractivity contribution in [1.82, 2.24) is 24.6 Å². The van der Waals surface area contributed by atoms with Gasteiger partial charge in [-0.15, -0.1) is 0 Å². The first kappa shape index (κ1) is 19.8. The van der Waals surface area contributed by atoms with E-state index in [0.29, 0.717) is 29.0 Å². The molecule has 0 saturated heterocycles. The molecule has 2 aromatic carbocycles. The van der Waals surface area contributed by atoms with Crippen LogP contribution >= 0.6 is 11.6 Å². The summed E-state index contributed by atoms with van der Waals surface area (Å²) in [7, 11) is 0. The lowest BCUT2D eigenvalue weighted by atomic mass is 10.1. The van der Waals surface area contributed by atoms with E-state index in [4.69, 9.17) is 11.6 Å². The van der Waals surface area contributed by atoms with Crippen LogP contribution in [-0.4, -0.2) is 31.8 Å². The fourth-order valence-corrected chi connectivity index (χ4v) is 3.37. The van der Waals surface area contributed by atoms with Crippen LogP contribution in [0, 0.1) is 6.92 Å². The highest BCUT2D eigenvalue weighted by atomic mass is 35.5. The maximum Gasteiger partial charge on any atom is 0.264 e. The first-order valence-corrected chi connectivity index (χ1v) is 9.91. The highest BCUT2D eigenvalue weighted by Gasteiger charge is 2.14. The van der Waals surface area contributed by atoms with Crippen LogP contribution in [0.2, 0.25) is 5.02 Å². The van der Waals surface area contributed by atoms with Crippen molar-refractivity contribution in [2.75, 3.05) is 6.54 Å². The van der Waals surface area contributed by atoms with Gasteiger partial charge >= 0.3 is 0 Å². The van der Waals surface area contributed by atoms with Crippen molar-refractivity contribution in [2.45, 2.75) is 19.9 Å². The van der Waals surface area contributed by atoms with Gasteiger partial charge in [0.2, 0.25) is 5.91 Å². The van der Waals surface area contributed by atoms with E-state index < -0.39 is 0 Å². The number of nitrogens with zero attached hydrogens (tertiary/aromatic N) is 4. The quantitative estimate of drug-likeness (QED) is 0.519. The molecule has 0 fully saturated rings. The van der Waals surface area contributed by atoms with E-state index >= 15 is 0 Å². The van der Waals surface area contributed by atoms with E-state index in [0.717, 1.165) is 16.8 Å². The maximum atomic E-state index is 12.8. The monoisotopic (exact) mass is 421 g/mol. The third-order valence-corrected chi connectivity index (χ3v) is 5.11. The van der Waals surface area contributed by atoms with Crippen molar-refractivity contribution < 1.29 is 4.79 Å². The lowest BCUT2D eigenvalue weighted by Gasteiger charge is -2.09. The smallest absolute Gasteiger partial charge is 0.264 e. The predicted octanol–water partition coefficient (Wildman–Crippen LogP) is 2.90. The zero-order chi connectivity index (χ0) is 21.1. The lowest BCUT2D eigenvalue weighted by molar-refractivity contribution is -0.121. The van der Waals surface area contributed by atoms with Gasteiger partial charge in [0, 0.05) is 11.6 Å². The Kier molecular flexibility index (Phi) is 5.63. The molecule has 0 aliphatic carbocycles. The number of hydrogen-bond acceptors (Lipinski definition) is 4. The van der Waals surface area contributed by atoms with Gasteiger partial charge < -0.3 is 5.32 Å². The number of amides is 1. The Morgan fingerprint density at radius 2 is 1.90 bits per heavy atom. The second-order valence-corrected chi connectivity index (χ2v) is 7.42. The molecule has 0 atom stereocenters. The predicted molar refractivity (Wildman–Crippen MR) is 116 cm³/mol. The van der Waals surface area contributed by atoms with Gasteiger partial charge in [-0.05, 0) is 42.7 Å². The second-order valence-electron chi connectivity index (χ2n) is 6.98. The molecule has 4 aromatic rings. The molecule has 0 spiro atoms. The molecule has 1 N–H and O–H groups in total. The molecule has 0 bridgehead atoms. The first-order chi connectivity index (χ1) is 14.5. The van der Waals surface area contributed by atoms with Gasteiger partial charge in [0.1, 0.15) is 18.3 Å². The van der Waals surface area contributed by atoms with Crippen LogP contribution in [0.1, 0.15) is 11.1 Å². The number of hydrogen-bond donors (Lipinski definition) is 1. The molecule has 2 aromatic heterocycles. The Hall–Kier alpha value is -3.45. The number of benzene rings is 2. The van der Waals surface area contributed by atoms with Crippen LogP contribution < -0.4 is 10.9 Å². The lowest BCUT2D eigenvalue weighted by Crippen LogP contribution is -2.33. The van der Waals surface area contributed by atoms with Crippen molar-refractivity contribution in [3.63, 3.8) is 0 Å². The van der Waals surface area contributed by atoms with E-state index in [-0.39, 0.29) is 18.0 Å². The fourth-order valence-electron chi connectivity index (χ4n) is 3.25. The van der Waals surface area contributed by atoms with Gasteiger partial charge in [0.15, 0.2) is 5.65 Å². The van der Waals surface area contributed by atoms with Crippen LogP contribution in [0.5, 0.6) is 0 Å². The van der Waals surface area contributed by atoms with E-state index in [1.54, 1.807) is 4.68 Å². The molecule has 152 valence electrons. The molecule has 0 radical (unpaired) electrons. The standard InChI is InChI=1S/C22H20ClN5O2/c1-15-4-2-3-5-19(15)28-21-18(12-26-28)22(30)27(14-25-21)13-20(29)24-11-10-16-6-8-17(23)9-7-16/h2-9,12,14H,10-11,13H2,1H3,(H,24,29). The highest BCUT2D eigenvalue weighted by molar-refractivity contribution is 6.30. The van der Waals surface area contributed by atoms with Gasteiger partial charge in [0.05, 0.1) is 11.9 Å². The Morgan fingerprint density at radius 1 is 1.13 bits per heavy atom. The van der Waals surface area contributed by atoms with Gasteiger partial charge in [-0.3, -0.25) is 14.2 Å². The normalized spacial score (nSPS) is 11.0. The van der Waals surface area contributed by atoms with Crippen LogP contribution in [0.3, 0.4) is 0 Å². The van der Waals surface area contributed by atoms with Gasteiger partial charge in [0.25, 0.3) is 5.56 Å². The number of halogens is 1. The van der Waals surface area contributed by atoms with Crippen LogP contribution in [0.15, 0.2) is 65.8 Å². The van der Waals surface area contributed by atoms with Gasteiger partial charge in [-0.1, -0.05) is 41.9 Å². The third-order valence-electron chi connectivity index (χ3n) is 4.86. The number of rotatable bonds is 6. The van der Waals surface area contributed by atoms with E-state index in [9.17, 15) is 9.59 Å². The SMILES string of the molecule is Cc1ccccc1-n1ncc2c(=O)n(CC(=O)NCCc3ccc(Cl)cc3)cnc21. The van der Waals surface area contributed by atoms with Crippen molar-refractivity contribution >= 4 is 28.5 Å². The summed E-state index contributed by atoms with van der Waals surface area (Å²) in [6, 6.07) is 15.2. The molecule has 30 heavy (non-hydrogen) atoms. The van der Waals surface area contributed by atoms with E-state index in [1.807, 2.05) is 55.5 Å². The van der Waals surface area contributed by atoms with Crippen molar-refractivity contribution in [3.05, 3.63) is 87.6 Å². The van der Waals surface area contributed by atoms with E-state index in [2.05, 4.69) is 15.4 Å². The molecule has 4 rings (SSSR count). The molecule has 7 nitrogen and oxygen atoms in total. The number of aryl methyl sites for hydroxylation is 1. The molecular formula is C22H20ClN5O2. The largest absolute Gasteiger partial charge is 0.354 e. The summed E-state index contributed by atoms with van der Waals surface area (Å²) >= 11 is 5.87. The summed E-state index contributed by atoms with van der Waals surface area (Å²) in [6.07, 6.45) is 3.56.